The summed E-state index contributed by atoms with van der Waals surface area (Å²) in [4.78, 5) is 24.9. The van der Waals surface area contributed by atoms with Crippen LogP contribution in [0.5, 0.6) is 5.75 Å². The summed E-state index contributed by atoms with van der Waals surface area (Å²) in [7, 11) is 1.36. The topological polar surface area (TPSA) is 71.3 Å². The molecule has 5 nitrogen and oxygen atoms in total. The molecule has 0 radical (unpaired) electrons. The predicted octanol–water partition coefficient (Wildman–Crippen LogP) is 4.71. The van der Waals surface area contributed by atoms with Crippen molar-refractivity contribution in [3.8, 4) is 17.0 Å². The van der Waals surface area contributed by atoms with Gasteiger partial charge in [-0.15, -0.1) is 0 Å². The number of nitrogens with zero attached hydrogens (tertiary/aromatic N) is 1. The van der Waals surface area contributed by atoms with Gasteiger partial charge in [0.25, 0.3) is 11.5 Å². The molecule has 1 heterocycles. The van der Waals surface area contributed by atoms with Crippen molar-refractivity contribution in [3.63, 3.8) is 0 Å². The third-order valence-electron chi connectivity index (χ3n) is 4.78. The molecule has 31 heavy (non-hydrogen) atoms. The number of halogens is 4. The minimum absolute atomic E-state index is 0.155. The van der Waals surface area contributed by atoms with Gasteiger partial charge in [0.2, 0.25) is 0 Å². The zero-order valence-electron chi connectivity index (χ0n) is 16.4. The summed E-state index contributed by atoms with van der Waals surface area (Å²) in [5.41, 5.74) is 0.205. The second-order valence-electron chi connectivity index (χ2n) is 6.89. The lowest BCUT2D eigenvalue weighted by molar-refractivity contribution is 0.0950. The van der Waals surface area contributed by atoms with Gasteiger partial charge in [-0.1, -0.05) is 29.3 Å². The zero-order valence-corrected chi connectivity index (χ0v) is 17.9. The van der Waals surface area contributed by atoms with Crippen LogP contribution < -0.4 is 10.9 Å². The lowest BCUT2D eigenvalue weighted by Gasteiger charge is -2.13. The molecule has 162 valence electrons. The summed E-state index contributed by atoms with van der Waals surface area (Å²) in [5.74, 6) is -3.51. The Hall–Kier alpha value is -2.90. The number of carbonyl (C=O) groups is 1. The van der Waals surface area contributed by atoms with E-state index in [2.05, 4.69) is 5.32 Å². The molecular weight excluding hydrogens is 449 g/mol. The molecule has 1 aromatic heterocycles. The van der Waals surface area contributed by atoms with Gasteiger partial charge < -0.3 is 15.0 Å². The number of rotatable bonds is 6. The van der Waals surface area contributed by atoms with E-state index in [1.54, 1.807) is 12.1 Å². The number of amides is 1. The van der Waals surface area contributed by atoms with Crippen LogP contribution in [0.15, 0.2) is 47.3 Å². The molecule has 2 N–H and O–H groups in total. The molecule has 2 aromatic carbocycles. The van der Waals surface area contributed by atoms with E-state index in [1.165, 1.54) is 19.2 Å². The Kier molecular flexibility index (Phi) is 6.97. The van der Waals surface area contributed by atoms with Gasteiger partial charge in [-0.25, -0.2) is 8.78 Å². The molecule has 9 heteroatoms. The van der Waals surface area contributed by atoms with Crippen molar-refractivity contribution in [2.24, 2.45) is 7.05 Å². The van der Waals surface area contributed by atoms with Crippen LogP contribution in [-0.2, 0) is 13.5 Å². The van der Waals surface area contributed by atoms with Crippen molar-refractivity contribution >= 4 is 29.1 Å². The molecule has 0 aliphatic heterocycles. The summed E-state index contributed by atoms with van der Waals surface area (Å²) in [6.07, 6.45) is 1.20. The molecule has 0 saturated carbocycles. The summed E-state index contributed by atoms with van der Waals surface area (Å²) in [6, 6.07) is 9.64. The Labute approximate surface area is 186 Å². The SMILES string of the molecule is Cn1c(-c2ccc(F)c(F)c2)cc(C(=O)NCCCc2ccc(Cl)c(Cl)c2)c(O)c1=O. The maximum atomic E-state index is 13.6. The van der Waals surface area contributed by atoms with Crippen molar-refractivity contribution in [2.75, 3.05) is 6.54 Å². The van der Waals surface area contributed by atoms with Gasteiger partial charge in [-0.3, -0.25) is 9.59 Å². The number of hydrogen-bond donors (Lipinski definition) is 2. The van der Waals surface area contributed by atoms with Crippen molar-refractivity contribution in [1.82, 2.24) is 9.88 Å². The monoisotopic (exact) mass is 466 g/mol. The van der Waals surface area contributed by atoms with Crippen LogP contribution in [0.25, 0.3) is 11.3 Å². The van der Waals surface area contributed by atoms with E-state index in [-0.39, 0.29) is 23.4 Å². The van der Waals surface area contributed by atoms with Gasteiger partial charge in [0.05, 0.1) is 21.3 Å². The Morgan fingerprint density at radius 3 is 2.48 bits per heavy atom. The molecule has 1 amide bonds. The van der Waals surface area contributed by atoms with E-state index < -0.39 is 28.9 Å². The third-order valence-corrected chi connectivity index (χ3v) is 5.52. The molecule has 0 unspecified atom stereocenters. The lowest BCUT2D eigenvalue weighted by atomic mass is 10.1. The van der Waals surface area contributed by atoms with Crippen molar-refractivity contribution < 1.29 is 18.7 Å². The van der Waals surface area contributed by atoms with Gasteiger partial charge in [0, 0.05) is 19.2 Å². The number of pyridine rings is 1. The van der Waals surface area contributed by atoms with Crippen LogP contribution in [0.4, 0.5) is 8.78 Å². The standard InChI is InChI=1S/C22H18Cl2F2N2O3/c1-28-19(13-5-7-17(25)18(26)10-13)11-14(20(29)22(28)31)21(30)27-8-2-3-12-4-6-15(23)16(24)9-12/h4-7,9-11,29H,2-3,8H2,1H3,(H,27,30). The molecule has 0 spiro atoms. The van der Waals surface area contributed by atoms with Crippen LogP contribution in [-0.4, -0.2) is 22.1 Å². The van der Waals surface area contributed by atoms with E-state index in [9.17, 15) is 23.5 Å². The average Bonchev–Trinajstić information content (AvgIpc) is 2.74. The summed E-state index contributed by atoms with van der Waals surface area (Å²) in [6.45, 7) is 0.272. The highest BCUT2D eigenvalue weighted by Gasteiger charge is 2.19. The fourth-order valence-corrected chi connectivity index (χ4v) is 3.40. The highest BCUT2D eigenvalue weighted by atomic mass is 35.5. The fourth-order valence-electron chi connectivity index (χ4n) is 3.08. The Balaban J connectivity index is 1.75. The number of aromatic nitrogens is 1. The first kappa shape index (κ1) is 22.8. The van der Waals surface area contributed by atoms with Gasteiger partial charge in [0.1, 0.15) is 0 Å². The molecule has 0 aliphatic rings. The third kappa shape index (κ3) is 5.06. The minimum Gasteiger partial charge on any atom is -0.502 e. The number of benzene rings is 2. The molecule has 0 saturated heterocycles. The number of carbonyl (C=O) groups excluding carboxylic acids is 1. The van der Waals surface area contributed by atoms with Crippen LogP contribution >= 0.6 is 23.2 Å². The van der Waals surface area contributed by atoms with Crippen molar-refractivity contribution in [1.29, 1.82) is 0 Å². The van der Waals surface area contributed by atoms with Gasteiger partial charge in [-0.2, -0.15) is 0 Å². The lowest BCUT2D eigenvalue weighted by Crippen LogP contribution is -2.28. The second kappa shape index (κ2) is 9.49. The second-order valence-corrected chi connectivity index (χ2v) is 7.71. The smallest absolute Gasteiger partial charge is 0.293 e. The van der Waals surface area contributed by atoms with E-state index in [4.69, 9.17) is 23.2 Å². The number of hydrogen-bond acceptors (Lipinski definition) is 3. The highest BCUT2D eigenvalue weighted by Crippen LogP contribution is 2.25. The quantitative estimate of drug-likeness (QED) is 0.517. The molecule has 3 rings (SSSR count). The van der Waals surface area contributed by atoms with E-state index in [1.807, 2.05) is 6.07 Å². The van der Waals surface area contributed by atoms with Gasteiger partial charge >= 0.3 is 0 Å². The molecule has 0 atom stereocenters. The molecular formula is C22H18Cl2F2N2O3. The highest BCUT2D eigenvalue weighted by molar-refractivity contribution is 6.42. The fraction of sp³-hybridized carbons (Fsp3) is 0.182. The Bertz CT molecular complexity index is 1210. The van der Waals surface area contributed by atoms with Crippen LogP contribution in [0, 0.1) is 11.6 Å². The normalized spacial score (nSPS) is 10.9. The zero-order chi connectivity index (χ0) is 22.7. The van der Waals surface area contributed by atoms with Gasteiger partial charge in [-0.05, 0) is 54.8 Å². The summed E-state index contributed by atoms with van der Waals surface area (Å²) < 4.78 is 27.9. The Morgan fingerprint density at radius 1 is 1.06 bits per heavy atom. The van der Waals surface area contributed by atoms with Gasteiger partial charge in [0.15, 0.2) is 17.4 Å². The largest absolute Gasteiger partial charge is 0.502 e. The number of aromatic hydroxyl groups is 1. The summed E-state index contributed by atoms with van der Waals surface area (Å²) in [5, 5.41) is 13.7. The maximum absolute atomic E-state index is 13.6. The first-order valence-corrected chi connectivity index (χ1v) is 10.0. The molecule has 0 aliphatic carbocycles. The summed E-state index contributed by atoms with van der Waals surface area (Å²) >= 11 is 11.9. The van der Waals surface area contributed by atoms with E-state index >= 15 is 0 Å². The van der Waals surface area contributed by atoms with Crippen LogP contribution in [0.3, 0.4) is 0 Å². The van der Waals surface area contributed by atoms with Crippen molar-refractivity contribution in [3.05, 3.63) is 85.6 Å². The number of nitrogens with one attached hydrogen (secondary N) is 1. The number of aryl methyl sites for hydroxylation is 1. The minimum atomic E-state index is -1.09. The first-order chi connectivity index (χ1) is 14.7. The first-order valence-electron chi connectivity index (χ1n) is 9.29. The Morgan fingerprint density at radius 2 is 1.81 bits per heavy atom. The predicted molar refractivity (Wildman–Crippen MR) is 116 cm³/mol. The molecule has 0 fully saturated rings. The van der Waals surface area contributed by atoms with E-state index in [0.717, 1.165) is 22.3 Å². The van der Waals surface area contributed by atoms with Crippen LogP contribution in [0.2, 0.25) is 10.0 Å². The maximum Gasteiger partial charge on any atom is 0.293 e. The van der Waals surface area contributed by atoms with E-state index in [0.29, 0.717) is 22.9 Å². The molecule has 0 bridgehead atoms. The molecule has 3 aromatic rings. The average molecular weight is 467 g/mol. The van der Waals surface area contributed by atoms with Crippen molar-refractivity contribution in [2.45, 2.75) is 12.8 Å². The van der Waals surface area contributed by atoms with Crippen LogP contribution in [0.1, 0.15) is 22.3 Å².